The molecule has 0 aromatic carbocycles. The Morgan fingerprint density at radius 1 is 1.53 bits per heavy atom. The van der Waals surface area contributed by atoms with Gasteiger partial charge in [-0.3, -0.25) is 10.1 Å². The van der Waals surface area contributed by atoms with Crippen LogP contribution in [0, 0.1) is 5.41 Å². The van der Waals surface area contributed by atoms with E-state index in [9.17, 15) is 0 Å². The normalized spacial score (nSPS) is 13.6. The molecule has 1 rings (SSSR count). The zero-order valence-corrected chi connectivity index (χ0v) is 10.8. The fourth-order valence-corrected chi connectivity index (χ4v) is 1.33. The van der Waals surface area contributed by atoms with Crippen LogP contribution in [0.5, 0.6) is 0 Å². The number of H-pyrrole nitrogens is 1. The van der Waals surface area contributed by atoms with Crippen molar-refractivity contribution in [2.45, 2.75) is 20.8 Å². The molecule has 0 aliphatic carbocycles. The zero-order chi connectivity index (χ0) is 12.9. The zero-order valence-electron chi connectivity index (χ0n) is 10.8. The van der Waals surface area contributed by atoms with E-state index in [1.807, 2.05) is 12.1 Å². The van der Waals surface area contributed by atoms with Crippen LogP contribution in [0.2, 0.25) is 0 Å². The van der Waals surface area contributed by atoms with E-state index in [1.165, 1.54) is 0 Å². The molecule has 0 amide bonds. The number of nitrogens with zero attached hydrogens (tertiary/aromatic N) is 3. The van der Waals surface area contributed by atoms with Crippen LogP contribution in [-0.2, 0) is 0 Å². The summed E-state index contributed by atoms with van der Waals surface area (Å²) in [6.45, 7) is 9.83. The topological polar surface area (TPSA) is 65.4 Å². The van der Waals surface area contributed by atoms with Gasteiger partial charge in [0, 0.05) is 36.5 Å². The molecule has 0 aliphatic rings. The van der Waals surface area contributed by atoms with Crippen LogP contribution < -0.4 is 5.32 Å². The van der Waals surface area contributed by atoms with Gasteiger partial charge in [0.1, 0.15) is 5.82 Å². The number of aliphatic imine (C=N–C) groups is 2. The summed E-state index contributed by atoms with van der Waals surface area (Å²) in [6, 6.07) is 1.82. The van der Waals surface area contributed by atoms with E-state index >= 15 is 0 Å². The van der Waals surface area contributed by atoms with Crippen LogP contribution in [0.3, 0.4) is 0 Å². The van der Waals surface area contributed by atoms with Gasteiger partial charge in [0.2, 0.25) is 0 Å². The van der Waals surface area contributed by atoms with Crippen LogP contribution in [0.1, 0.15) is 20.8 Å². The summed E-state index contributed by atoms with van der Waals surface area (Å²) in [5.41, 5.74) is 0.917. The Labute approximate surface area is 102 Å². The third-order valence-electron chi connectivity index (χ3n) is 2.21. The van der Waals surface area contributed by atoms with Crippen molar-refractivity contribution in [3.05, 3.63) is 24.2 Å². The average Bonchev–Trinajstić information content (AvgIpc) is 2.74. The van der Waals surface area contributed by atoms with Gasteiger partial charge < -0.3 is 5.32 Å². The molecule has 92 valence electrons. The van der Waals surface area contributed by atoms with Gasteiger partial charge in [0.15, 0.2) is 5.82 Å². The minimum absolute atomic E-state index is 0.0298. The van der Waals surface area contributed by atoms with E-state index in [4.69, 9.17) is 0 Å². The molecule has 0 spiro atoms. The van der Waals surface area contributed by atoms with E-state index in [-0.39, 0.29) is 5.41 Å². The molecule has 1 aromatic heterocycles. The third-order valence-corrected chi connectivity index (χ3v) is 2.21. The van der Waals surface area contributed by atoms with Crippen molar-refractivity contribution in [1.29, 1.82) is 0 Å². The minimum atomic E-state index is -0.0298. The lowest BCUT2D eigenvalue weighted by Gasteiger charge is -2.18. The van der Waals surface area contributed by atoms with Crippen molar-refractivity contribution < 1.29 is 0 Å². The summed E-state index contributed by atoms with van der Waals surface area (Å²) in [5, 5.41) is 9.77. The Bertz CT molecular complexity index is 420. The number of allylic oxidation sites excluding steroid dienone is 1. The van der Waals surface area contributed by atoms with Gasteiger partial charge in [-0.25, -0.2) is 4.99 Å². The maximum Gasteiger partial charge on any atom is 0.153 e. The molecule has 0 unspecified atom stereocenters. The predicted octanol–water partition coefficient (Wildman–Crippen LogP) is 2.48. The lowest BCUT2D eigenvalue weighted by molar-refractivity contribution is 0.593. The van der Waals surface area contributed by atoms with Crippen molar-refractivity contribution in [3.63, 3.8) is 0 Å². The number of hydrogen-bond acceptors (Lipinski definition) is 4. The highest BCUT2D eigenvalue weighted by atomic mass is 15.2. The second-order valence-electron chi connectivity index (χ2n) is 4.63. The molecular weight excluding hydrogens is 214 g/mol. The lowest BCUT2D eigenvalue weighted by atomic mass is 9.89. The fourth-order valence-electron chi connectivity index (χ4n) is 1.33. The molecule has 0 fully saturated rings. The van der Waals surface area contributed by atoms with Crippen molar-refractivity contribution in [1.82, 2.24) is 10.2 Å². The smallest absolute Gasteiger partial charge is 0.153 e. The number of aromatic nitrogens is 2. The van der Waals surface area contributed by atoms with Crippen molar-refractivity contribution in [3.8, 4) is 0 Å². The van der Waals surface area contributed by atoms with E-state index in [0.717, 1.165) is 5.71 Å². The van der Waals surface area contributed by atoms with Gasteiger partial charge in [0.25, 0.3) is 0 Å². The van der Waals surface area contributed by atoms with Crippen LogP contribution in [0.15, 0.2) is 34.1 Å². The number of aromatic amines is 1. The second kappa shape index (κ2) is 5.43. The lowest BCUT2D eigenvalue weighted by Crippen LogP contribution is -2.19. The summed E-state index contributed by atoms with van der Waals surface area (Å²) in [6.07, 6.45) is 3.61. The largest absolute Gasteiger partial charge is 0.323 e. The van der Waals surface area contributed by atoms with Crippen LogP contribution >= 0.6 is 0 Å². The monoisotopic (exact) mass is 233 g/mol. The minimum Gasteiger partial charge on any atom is -0.323 e. The molecule has 17 heavy (non-hydrogen) atoms. The maximum absolute atomic E-state index is 4.26. The highest BCUT2D eigenvalue weighted by Gasteiger charge is 2.16. The Morgan fingerprint density at radius 2 is 2.24 bits per heavy atom. The van der Waals surface area contributed by atoms with Gasteiger partial charge in [-0.05, 0) is 6.72 Å². The molecule has 0 saturated heterocycles. The van der Waals surface area contributed by atoms with E-state index in [1.54, 1.807) is 13.2 Å². The number of nitrogens with one attached hydrogen (secondary N) is 2. The fraction of sp³-hybridized carbons (Fsp3) is 0.417. The molecule has 1 heterocycles. The summed E-state index contributed by atoms with van der Waals surface area (Å²) in [4.78, 5) is 8.19. The van der Waals surface area contributed by atoms with Crippen molar-refractivity contribution >= 4 is 18.2 Å². The standard InChI is InChI=1S/C12H19N5/c1-12(2,3)9(13-4)8-11(14-5)16-10-6-7-15-17-10/h6-8H,5H2,1-4H3,(H2,15,16,17)/b11-8+,13-9+. The maximum atomic E-state index is 4.26. The van der Waals surface area contributed by atoms with Gasteiger partial charge in [-0.2, -0.15) is 5.10 Å². The Hall–Kier alpha value is -1.91. The number of rotatable bonds is 4. The van der Waals surface area contributed by atoms with Gasteiger partial charge in [-0.15, -0.1) is 0 Å². The molecule has 0 aliphatic heterocycles. The SMILES string of the molecule is C=N/C(=C\C(=N/C)C(C)(C)C)Nc1cc[nH]n1. The Kier molecular flexibility index (Phi) is 4.20. The predicted molar refractivity (Wildman–Crippen MR) is 72.7 cm³/mol. The first-order valence-electron chi connectivity index (χ1n) is 5.40. The van der Waals surface area contributed by atoms with Crippen LogP contribution in [0.25, 0.3) is 0 Å². The first-order chi connectivity index (χ1) is 7.97. The van der Waals surface area contributed by atoms with Gasteiger partial charge in [0.05, 0.1) is 0 Å². The Morgan fingerprint density at radius 3 is 2.65 bits per heavy atom. The van der Waals surface area contributed by atoms with Crippen LogP contribution in [0.4, 0.5) is 5.82 Å². The van der Waals surface area contributed by atoms with Gasteiger partial charge in [-0.1, -0.05) is 20.8 Å². The quantitative estimate of drug-likeness (QED) is 0.785. The van der Waals surface area contributed by atoms with E-state index < -0.39 is 0 Å². The highest BCUT2D eigenvalue weighted by molar-refractivity contribution is 5.99. The summed E-state index contributed by atoms with van der Waals surface area (Å²) < 4.78 is 0. The summed E-state index contributed by atoms with van der Waals surface area (Å²) in [5.74, 6) is 1.33. The molecule has 0 radical (unpaired) electrons. The molecule has 5 nitrogen and oxygen atoms in total. The first kappa shape index (κ1) is 13.2. The number of hydrogen-bond donors (Lipinski definition) is 2. The van der Waals surface area contributed by atoms with Crippen LogP contribution in [-0.4, -0.2) is 29.7 Å². The summed E-state index contributed by atoms with van der Waals surface area (Å²) in [7, 11) is 1.77. The molecular formula is C12H19N5. The van der Waals surface area contributed by atoms with E-state index in [0.29, 0.717) is 11.6 Å². The molecule has 0 bridgehead atoms. The molecule has 2 N–H and O–H groups in total. The second-order valence-corrected chi connectivity index (χ2v) is 4.63. The highest BCUT2D eigenvalue weighted by Crippen LogP contribution is 2.18. The van der Waals surface area contributed by atoms with Crippen molar-refractivity contribution in [2.24, 2.45) is 15.4 Å². The third kappa shape index (κ3) is 3.86. The number of anilines is 1. The summed E-state index contributed by atoms with van der Waals surface area (Å²) >= 11 is 0. The van der Waals surface area contributed by atoms with E-state index in [2.05, 4.69) is 53.0 Å². The molecule has 1 aromatic rings. The van der Waals surface area contributed by atoms with Crippen molar-refractivity contribution in [2.75, 3.05) is 12.4 Å². The first-order valence-corrected chi connectivity index (χ1v) is 5.40. The Balaban J connectivity index is 2.90. The molecule has 5 heteroatoms. The molecule has 0 atom stereocenters. The van der Waals surface area contributed by atoms with Gasteiger partial charge >= 0.3 is 0 Å². The average molecular weight is 233 g/mol. The molecule has 0 saturated carbocycles.